The van der Waals surface area contributed by atoms with Crippen molar-refractivity contribution in [3.63, 3.8) is 0 Å². The van der Waals surface area contributed by atoms with Crippen molar-refractivity contribution in [1.82, 2.24) is 4.90 Å². The molecule has 0 radical (unpaired) electrons. The molecular formula is C44H64N2O6Si2. The number of hydrogen-bond donors (Lipinski definition) is 1. The zero-order valence-electron chi connectivity index (χ0n) is 34.3. The van der Waals surface area contributed by atoms with Crippen molar-refractivity contribution in [2.75, 3.05) is 0 Å². The second-order valence-corrected chi connectivity index (χ2v) is 28.7. The molecule has 0 unspecified atom stereocenters. The number of Topliss-reactive ketones (excluding diaryl/α,β-unsaturated/α-hetero) is 4. The maximum atomic E-state index is 13.1. The third-order valence-electron chi connectivity index (χ3n) is 13.1. The van der Waals surface area contributed by atoms with E-state index < -0.39 is 16.6 Å². The molecule has 4 aliphatic rings. The normalized spacial score (nSPS) is 27.6. The van der Waals surface area contributed by atoms with Gasteiger partial charge in [0.1, 0.15) is 23.1 Å². The summed E-state index contributed by atoms with van der Waals surface area (Å²) in [5.74, 6) is 0.132. The molecule has 7 atom stereocenters. The molecule has 0 spiro atoms. The Hall–Kier alpha value is -3.03. The lowest BCUT2D eigenvalue weighted by molar-refractivity contribution is -0.124. The van der Waals surface area contributed by atoms with E-state index in [1.54, 1.807) is 0 Å². The van der Waals surface area contributed by atoms with Crippen molar-refractivity contribution in [1.29, 1.82) is 0 Å². The Balaban J connectivity index is 0.000000239. The monoisotopic (exact) mass is 772 g/mol. The molecule has 3 saturated carbocycles. The fraction of sp³-hybridized carbons (Fsp3) is 0.591. The number of allylic oxidation sites excluding steroid dienone is 1. The lowest BCUT2D eigenvalue weighted by atomic mass is 9.76. The number of ketones is 4. The van der Waals surface area contributed by atoms with Crippen molar-refractivity contribution >= 4 is 39.8 Å². The lowest BCUT2D eigenvalue weighted by Gasteiger charge is -2.43. The summed E-state index contributed by atoms with van der Waals surface area (Å²) < 4.78 is 13.1. The fourth-order valence-electron chi connectivity index (χ4n) is 8.06. The number of benzene rings is 2. The highest BCUT2D eigenvalue weighted by molar-refractivity contribution is 6.74. The van der Waals surface area contributed by atoms with E-state index in [0.717, 1.165) is 5.76 Å². The molecular weight excluding hydrogens is 709 g/mol. The number of rotatable bonds is 9. The molecule has 0 saturated heterocycles. The van der Waals surface area contributed by atoms with Crippen LogP contribution in [0.25, 0.3) is 0 Å². The molecule has 0 bridgehead atoms. The third kappa shape index (κ3) is 9.49. The second kappa shape index (κ2) is 16.2. The highest BCUT2D eigenvalue weighted by atomic mass is 28.4. The summed E-state index contributed by atoms with van der Waals surface area (Å²) >= 11 is 0. The van der Waals surface area contributed by atoms with Crippen LogP contribution in [0.2, 0.25) is 36.3 Å². The molecule has 2 N–H and O–H groups in total. The van der Waals surface area contributed by atoms with Crippen molar-refractivity contribution in [2.45, 2.75) is 141 Å². The van der Waals surface area contributed by atoms with Gasteiger partial charge in [-0.15, -0.1) is 0 Å². The predicted octanol–water partition coefficient (Wildman–Crippen LogP) is 8.41. The molecule has 3 fully saturated rings. The molecule has 6 rings (SSSR count). The maximum absolute atomic E-state index is 13.1. The van der Waals surface area contributed by atoms with E-state index in [-0.39, 0.29) is 87.9 Å². The minimum Gasteiger partial charge on any atom is -0.547 e. The molecule has 0 aromatic heterocycles. The van der Waals surface area contributed by atoms with Gasteiger partial charge in [0.2, 0.25) is 8.32 Å². The number of carbonyl (C=O) groups is 4. The van der Waals surface area contributed by atoms with E-state index in [2.05, 4.69) is 103 Å². The zero-order chi connectivity index (χ0) is 39.8. The van der Waals surface area contributed by atoms with Crippen molar-refractivity contribution in [3.05, 3.63) is 83.6 Å². The lowest BCUT2D eigenvalue weighted by Crippen LogP contribution is -2.51. The average molecular weight is 773 g/mol. The van der Waals surface area contributed by atoms with E-state index in [0.29, 0.717) is 32.4 Å². The summed E-state index contributed by atoms with van der Waals surface area (Å²) in [6.45, 7) is 23.6. The summed E-state index contributed by atoms with van der Waals surface area (Å²) in [5.41, 5.74) is 8.54. The Kier molecular flexibility index (Phi) is 12.6. The molecule has 4 aliphatic carbocycles. The molecule has 8 nitrogen and oxygen atoms in total. The summed E-state index contributed by atoms with van der Waals surface area (Å²) in [7, 11) is -3.93. The molecule has 2 aromatic rings. The third-order valence-corrected chi connectivity index (χ3v) is 22.1. The van der Waals surface area contributed by atoms with Crippen LogP contribution < -0.4 is 5.73 Å². The standard InChI is InChI=1S/C29H37NO3Si.C15H27NO3Si/c1-29(2,3)34(4,5)33-23-16-24-26(31)18-27(32)28(24)25(17-23)30(19-21-12-8-6-9-13-21)20-22-14-10-7-11-15-22;1-15(2,3)20(4,5)19-9-6-10-12(17)8-13(18)14(10)11(16)7-9/h6-15,17,24-25,28H,16,18-20H2,1-5H3;9-11,14H,6-8,16H2,1-5H3/t24-,25-,28+;9-,10-,11-,14+/m11/s1. The van der Waals surface area contributed by atoms with Gasteiger partial charge in [-0.05, 0) is 66.3 Å². The van der Waals surface area contributed by atoms with Crippen LogP contribution in [0.5, 0.6) is 0 Å². The first-order chi connectivity index (χ1) is 25.1. The van der Waals surface area contributed by atoms with E-state index in [1.165, 1.54) is 11.1 Å². The Bertz CT molecular complexity index is 1670. The quantitative estimate of drug-likeness (QED) is 0.200. The zero-order valence-corrected chi connectivity index (χ0v) is 36.3. The van der Waals surface area contributed by atoms with E-state index in [9.17, 15) is 19.2 Å². The van der Waals surface area contributed by atoms with E-state index in [1.807, 2.05) is 36.4 Å². The fourth-order valence-corrected chi connectivity index (χ4v) is 10.6. The van der Waals surface area contributed by atoms with Gasteiger partial charge in [0, 0.05) is 61.4 Å². The summed E-state index contributed by atoms with van der Waals surface area (Å²) in [4.78, 5) is 52.1. The summed E-state index contributed by atoms with van der Waals surface area (Å²) in [5, 5.41) is 0.201. The van der Waals surface area contributed by atoms with E-state index in [4.69, 9.17) is 14.6 Å². The van der Waals surface area contributed by atoms with E-state index >= 15 is 0 Å². The van der Waals surface area contributed by atoms with Gasteiger partial charge in [0.15, 0.2) is 8.32 Å². The van der Waals surface area contributed by atoms with Crippen molar-refractivity contribution in [2.24, 2.45) is 29.4 Å². The molecule has 54 heavy (non-hydrogen) atoms. The minimum atomic E-state index is -2.07. The topological polar surface area (TPSA) is 116 Å². The van der Waals surface area contributed by atoms with Crippen molar-refractivity contribution < 1.29 is 28.0 Å². The maximum Gasteiger partial charge on any atom is 0.250 e. The smallest absolute Gasteiger partial charge is 0.250 e. The number of fused-ring (bicyclic) bond motifs is 2. The Labute approximate surface area is 325 Å². The predicted molar refractivity (Wildman–Crippen MR) is 219 cm³/mol. The van der Waals surface area contributed by atoms with Gasteiger partial charge < -0.3 is 14.6 Å². The van der Waals surface area contributed by atoms with Crippen LogP contribution in [0.15, 0.2) is 72.5 Å². The molecule has 10 heteroatoms. The van der Waals surface area contributed by atoms with Crippen LogP contribution in [-0.2, 0) is 41.1 Å². The Morgan fingerprint density at radius 1 is 0.667 bits per heavy atom. The number of carbonyl (C=O) groups excluding carboxylic acids is 4. The first kappa shape index (κ1) is 42.1. The molecule has 0 amide bonds. The number of nitrogens with two attached hydrogens (primary N) is 1. The van der Waals surface area contributed by atoms with Crippen LogP contribution in [0.4, 0.5) is 0 Å². The molecule has 294 valence electrons. The van der Waals surface area contributed by atoms with Gasteiger partial charge in [-0.3, -0.25) is 24.1 Å². The number of nitrogens with zero attached hydrogens (tertiary/aromatic N) is 1. The van der Waals surface area contributed by atoms with Crippen LogP contribution in [0, 0.1) is 23.7 Å². The highest BCUT2D eigenvalue weighted by Gasteiger charge is 2.52. The first-order valence-corrected chi connectivity index (χ1v) is 25.7. The largest absolute Gasteiger partial charge is 0.547 e. The summed E-state index contributed by atoms with van der Waals surface area (Å²) in [6, 6.07) is 20.3. The summed E-state index contributed by atoms with van der Waals surface area (Å²) in [6.07, 6.45) is 4.25. The van der Waals surface area contributed by atoms with Crippen LogP contribution in [0.1, 0.15) is 84.8 Å². The van der Waals surface area contributed by atoms with Gasteiger partial charge in [0.25, 0.3) is 0 Å². The van der Waals surface area contributed by atoms with Crippen LogP contribution in [0.3, 0.4) is 0 Å². The van der Waals surface area contributed by atoms with Crippen molar-refractivity contribution in [3.8, 4) is 0 Å². The van der Waals surface area contributed by atoms with Gasteiger partial charge in [0.05, 0.1) is 18.6 Å². The Morgan fingerprint density at radius 3 is 1.65 bits per heavy atom. The Morgan fingerprint density at radius 2 is 1.15 bits per heavy atom. The average Bonchev–Trinajstić information content (AvgIpc) is 3.52. The van der Waals surface area contributed by atoms with Gasteiger partial charge in [-0.25, -0.2) is 0 Å². The van der Waals surface area contributed by atoms with Crippen LogP contribution >= 0.6 is 0 Å². The second-order valence-electron chi connectivity index (χ2n) is 19.2. The number of hydrogen-bond acceptors (Lipinski definition) is 8. The highest BCUT2D eigenvalue weighted by Crippen LogP contribution is 2.45. The van der Waals surface area contributed by atoms with Gasteiger partial charge >= 0.3 is 0 Å². The van der Waals surface area contributed by atoms with Gasteiger partial charge in [-0.1, -0.05) is 102 Å². The molecule has 0 heterocycles. The SMILES string of the molecule is CC(C)(C)[Si](C)(C)OC1=C[C@@H](N(Cc2ccccc2)Cc2ccccc2)[C@H]2C(=O)CC(=O)[C@H]2C1.CC(C)(C)[Si](C)(C)O[C@H]1C[C@@H](N)[C@H]2C(=O)CC(=O)[C@H]2C1. The molecule has 2 aromatic carbocycles. The van der Waals surface area contributed by atoms with Crippen LogP contribution in [-0.4, -0.2) is 62.9 Å². The minimum absolute atomic E-state index is 0.0296. The molecule has 0 aliphatic heterocycles. The van der Waals surface area contributed by atoms with Gasteiger partial charge in [-0.2, -0.15) is 0 Å². The first-order valence-electron chi connectivity index (χ1n) is 19.8.